The van der Waals surface area contributed by atoms with Gasteiger partial charge in [-0.1, -0.05) is 29.8 Å². The Balaban J connectivity index is 2.07. The first kappa shape index (κ1) is 13.1. The Morgan fingerprint density at radius 2 is 1.84 bits per heavy atom. The molecule has 0 aliphatic carbocycles. The van der Waals surface area contributed by atoms with E-state index in [-0.39, 0.29) is 0 Å². The Hall–Kier alpha value is -2.29. The van der Waals surface area contributed by atoms with Crippen LogP contribution in [0.25, 0.3) is 0 Å². The Labute approximate surface area is 112 Å². The van der Waals surface area contributed by atoms with Crippen molar-refractivity contribution in [3.05, 3.63) is 59.2 Å². The van der Waals surface area contributed by atoms with Crippen LogP contribution in [0.3, 0.4) is 0 Å². The second-order valence-electron chi connectivity index (χ2n) is 4.30. The molecule has 2 rings (SSSR count). The second kappa shape index (κ2) is 6.05. The first-order chi connectivity index (χ1) is 9.22. The molecule has 0 bridgehead atoms. The molecule has 0 heterocycles. The van der Waals surface area contributed by atoms with Gasteiger partial charge in [0.05, 0.1) is 12.7 Å². The number of carbonyl (C=O) groups is 1. The van der Waals surface area contributed by atoms with E-state index in [2.05, 4.69) is 0 Å². The van der Waals surface area contributed by atoms with Crippen molar-refractivity contribution in [2.75, 3.05) is 7.11 Å². The zero-order valence-corrected chi connectivity index (χ0v) is 11.1. The van der Waals surface area contributed by atoms with Crippen LogP contribution in [0.4, 0.5) is 0 Å². The number of ether oxygens (including phenoxy) is 2. The van der Waals surface area contributed by atoms with Crippen LogP contribution >= 0.6 is 0 Å². The summed E-state index contributed by atoms with van der Waals surface area (Å²) in [6.07, 6.45) is 0.761. The summed E-state index contributed by atoms with van der Waals surface area (Å²) in [5, 5.41) is 0. The zero-order chi connectivity index (χ0) is 13.7. The minimum absolute atomic E-state index is 0.477. The maximum absolute atomic E-state index is 10.9. The number of hydrogen-bond acceptors (Lipinski definition) is 3. The fourth-order valence-electron chi connectivity index (χ4n) is 1.75. The van der Waals surface area contributed by atoms with Gasteiger partial charge in [0.1, 0.15) is 18.1 Å². The van der Waals surface area contributed by atoms with E-state index in [0.717, 1.165) is 11.8 Å². The van der Waals surface area contributed by atoms with Crippen molar-refractivity contribution in [3.63, 3.8) is 0 Å². The van der Waals surface area contributed by atoms with Gasteiger partial charge in [0.2, 0.25) is 0 Å². The number of methoxy groups -OCH3 is 1. The molecule has 0 amide bonds. The zero-order valence-electron chi connectivity index (χ0n) is 11.1. The molecule has 0 aliphatic rings. The van der Waals surface area contributed by atoms with Crippen LogP contribution in [-0.4, -0.2) is 13.4 Å². The van der Waals surface area contributed by atoms with Crippen LogP contribution < -0.4 is 9.47 Å². The summed E-state index contributed by atoms with van der Waals surface area (Å²) in [6, 6.07) is 13.3. The van der Waals surface area contributed by atoms with Gasteiger partial charge in [-0.2, -0.15) is 0 Å². The maximum Gasteiger partial charge on any atom is 0.153 e. The number of carbonyl (C=O) groups excluding carboxylic acids is 1. The molecular formula is C16H16O3. The van der Waals surface area contributed by atoms with Crippen molar-refractivity contribution in [1.29, 1.82) is 0 Å². The van der Waals surface area contributed by atoms with Gasteiger partial charge in [-0.05, 0) is 30.7 Å². The lowest BCUT2D eigenvalue weighted by Crippen LogP contribution is -1.97. The molecule has 0 fully saturated rings. The molecular weight excluding hydrogens is 240 g/mol. The third-order valence-electron chi connectivity index (χ3n) is 2.85. The van der Waals surface area contributed by atoms with Crippen LogP contribution in [0.2, 0.25) is 0 Å². The van der Waals surface area contributed by atoms with E-state index < -0.39 is 0 Å². The summed E-state index contributed by atoms with van der Waals surface area (Å²) < 4.78 is 10.7. The number of rotatable bonds is 5. The predicted octanol–water partition coefficient (Wildman–Crippen LogP) is 3.40. The smallest absolute Gasteiger partial charge is 0.153 e. The molecule has 19 heavy (non-hydrogen) atoms. The first-order valence-corrected chi connectivity index (χ1v) is 6.04. The number of aryl methyl sites for hydroxylation is 1. The molecule has 0 aliphatic heterocycles. The molecule has 0 radical (unpaired) electrons. The molecule has 0 saturated carbocycles. The van der Waals surface area contributed by atoms with E-state index in [9.17, 15) is 4.79 Å². The maximum atomic E-state index is 10.9. The lowest BCUT2D eigenvalue weighted by Gasteiger charge is -2.09. The molecule has 2 aromatic rings. The van der Waals surface area contributed by atoms with Crippen LogP contribution in [0.15, 0.2) is 42.5 Å². The van der Waals surface area contributed by atoms with Crippen molar-refractivity contribution >= 4 is 6.29 Å². The number of aldehydes is 1. The van der Waals surface area contributed by atoms with Crippen molar-refractivity contribution in [2.24, 2.45) is 0 Å². The normalized spacial score (nSPS) is 10.0. The average Bonchev–Trinajstić information content (AvgIpc) is 2.46. The van der Waals surface area contributed by atoms with Gasteiger partial charge in [0.15, 0.2) is 6.29 Å². The molecule has 98 valence electrons. The van der Waals surface area contributed by atoms with Gasteiger partial charge in [-0.3, -0.25) is 4.79 Å². The van der Waals surface area contributed by atoms with Gasteiger partial charge in [-0.15, -0.1) is 0 Å². The quantitative estimate of drug-likeness (QED) is 0.769. The molecule has 0 N–H and O–H groups in total. The van der Waals surface area contributed by atoms with Crippen molar-refractivity contribution < 1.29 is 14.3 Å². The van der Waals surface area contributed by atoms with Crippen molar-refractivity contribution in [3.8, 4) is 11.5 Å². The van der Waals surface area contributed by atoms with E-state index >= 15 is 0 Å². The van der Waals surface area contributed by atoms with Gasteiger partial charge in [0, 0.05) is 0 Å². The summed E-state index contributed by atoms with van der Waals surface area (Å²) in [4.78, 5) is 10.9. The Kier molecular flexibility index (Phi) is 4.18. The predicted molar refractivity (Wildman–Crippen MR) is 73.9 cm³/mol. The largest absolute Gasteiger partial charge is 0.496 e. The molecule has 3 nitrogen and oxygen atoms in total. The average molecular weight is 256 g/mol. The molecule has 0 saturated heterocycles. The molecule has 0 spiro atoms. The highest BCUT2D eigenvalue weighted by atomic mass is 16.5. The Morgan fingerprint density at radius 1 is 1.11 bits per heavy atom. The lowest BCUT2D eigenvalue weighted by atomic mass is 10.1. The SMILES string of the molecule is COc1ccc(OCc2ccc(C)cc2)cc1C=O. The van der Waals surface area contributed by atoms with E-state index in [0.29, 0.717) is 23.7 Å². The monoisotopic (exact) mass is 256 g/mol. The lowest BCUT2D eigenvalue weighted by molar-refractivity contribution is 0.112. The van der Waals surface area contributed by atoms with Crippen molar-refractivity contribution in [2.45, 2.75) is 13.5 Å². The third kappa shape index (κ3) is 3.35. The van der Waals surface area contributed by atoms with E-state index in [1.165, 1.54) is 12.7 Å². The van der Waals surface area contributed by atoms with E-state index in [1.54, 1.807) is 18.2 Å². The van der Waals surface area contributed by atoms with Crippen LogP contribution in [0.1, 0.15) is 21.5 Å². The van der Waals surface area contributed by atoms with Crippen LogP contribution in [-0.2, 0) is 6.61 Å². The number of benzene rings is 2. The molecule has 2 aromatic carbocycles. The summed E-state index contributed by atoms with van der Waals surface area (Å²) in [5.41, 5.74) is 2.80. The first-order valence-electron chi connectivity index (χ1n) is 6.04. The van der Waals surface area contributed by atoms with E-state index in [1.807, 2.05) is 31.2 Å². The van der Waals surface area contributed by atoms with Crippen molar-refractivity contribution in [1.82, 2.24) is 0 Å². The van der Waals surface area contributed by atoms with Gasteiger partial charge < -0.3 is 9.47 Å². The molecule has 0 unspecified atom stereocenters. The fourth-order valence-corrected chi connectivity index (χ4v) is 1.75. The Morgan fingerprint density at radius 3 is 2.47 bits per heavy atom. The topological polar surface area (TPSA) is 35.5 Å². The molecule has 3 heteroatoms. The van der Waals surface area contributed by atoms with Gasteiger partial charge >= 0.3 is 0 Å². The highest BCUT2D eigenvalue weighted by Gasteiger charge is 2.04. The van der Waals surface area contributed by atoms with Crippen LogP contribution in [0.5, 0.6) is 11.5 Å². The minimum Gasteiger partial charge on any atom is -0.496 e. The Bertz CT molecular complexity index is 559. The molecule has 0 atom stereocenters. The summed E-state index contributed by atoms with van der Waals surface area (Å²) >= 11 is 0. The summed E-state index contributed by atoms with van der Waals surface area (Å²) in [6.45, 7) is 2.52. The second-order valence-corrected chi connectivity index (χ2v) is 4.30. The summed E-state index contributed by atoms with van der Waals surface area (Å²) in [5.74, 6) is 1.21. The summed E-state index contributed by atoms with van der Waals surface area (Å²) in [7, 11) is 1.54. The van der Waals surface area contributed by atoms with E-state index in [4.69, 9.17) is 9.47 Å². The van der Waals surface area contributed by atoms with Crippen LogP contribution in [0, 0.1) is 6.92 Å². The standard InChI is InChI=1S/C16H16O3/c1-12-3-5-13(6-4-12)11-19-15-7-8-16(18-2)14(9-15)10-17/h3-10H,11H2,1-2H3. The van der Waals surface area contributed by atoms with Gasteiger partial charge in [-0.25, -0.2) is 0 Å². The minimum atomic E-state index is 0.477. The fraction of sp³-hybridized carbons (Fsp3) is 0.188. The number of hydrogen-bond donors (Lipinski definition) is 0. The third-order valence-corrected chi connectivity index (χ3v) is 2.85. The van der Waals surface area contributed by atoms with Gasteiger partial charge in [0.25, 0.3) is 0 Å². The molecule has 0 aromatic heterocycles. The highest BCUT2D eigenvalue weighted by molar-refractivity contribution is 5.80. The highest BCUT2D eigenvalue weighted by Crippen LogP contribution is 2.23.